The first-order valence-electron chi connectivity index (χ1n) is 9.57. The quantitative estimate of drug-likeness (QED) is 0.728. The van der Waals surface area contributed by atoms with E-state index in [-0.39, 0.29) is 17.4 Å². The van der Waals surface area contributed by atoms with E-state index in [9.17, 15) is 9.90 Å². The molecule has 2 heteroatoms. The van der Waals surface area contributed by atoms with E-state index in [1.165, 1.54) is 32.1 Å². The fourth-order valence-electron chi connectivity index (χ4n) is 7.38. The third-order valence-electron chi connectivity index (χ3n) is 8.76. The molecular weight excluding hydrogens is 272 g/mol. The van der Waals surface area contributed by atoms with Crippen molar-refractivity contribution in [3.63, 3.8) is 0 Å². The molecule has 0 aromatic heterocycles. The third kappa shape index (κ3) is 1.85. The van der Waals surface area contributed by atoms with Gasteiger partial charge in [0.15, 0.2) is 0 Å². The van der Waals surface area contributed by atoms with Gasteiger partial charge in [0.05, 0.1) is 6.10 Å². The Hall–Kier alpha value is -0.370. The van der Waals surface area contributed by atoms with Crippen molar-refractivity contribution < 1.29 is 9.90 Å². The minimum Gasteiger partial charge on any atom is -0.393 e. The fraction of sp³-hybridized carbons (Fsp3) is 0.950. The van der Waals surface area contributed by atoms with E-state index in [0.717, 1.165) is 37.0 Å². The summed E-state index contributed by atoms with van der Waals surface area (Å²) in [7, 11) is 0. The van der Waals surface area contributed by atoms with Crippen LogP contribution in [0.25, 0.3) is 0 Å². The van der Waals surface area contributed by atoms with Crippen molar-refractivity contribution >= 4 is 5.78 Å². The average molecular weight is 304 g/mol. The molecule has 0 bridgehead atoms. The summed E-state index contributed by atoms with van der Waals surface area (Å²) in [5.41, 5.74) is 0.561. The predicted octanol–water partition coefficient (Wildman–Crippen LogP) is 4.21. The molecule has 2 nitrogen and oxygen atoms in total. The van der Waals surface area contributed by atoms with E-state index in [1.54, 1.807) is 0 Å². The predicted molar refractivity (Wildman–Crippen MR) is 87.3 cm³/mol. The second-order valence-electron chi connectivity index (χ2n) is 9.57. The lowest BCUT2D eigenvalue weighted by Crippen LogP contribution is -2.55. The zero-order valence-corrected chi connectivity index (χ0v) is 14.5. The Morgan fingerprint density at radius 2 is 1.73 bits per heavy atom. The minimum absolute atomic E-state index is 0.0733. The van der Waals surface area contributed by atoms with Crippen LogP contribution in [-0.4, -0.2) is 17.0 Å². The van der Waals surface area contributed by atoms with Gasteiger partial charge in [0.25, 0.3) is 0 Å². The monoisotopic (exact) mass is 304 g/mol. The summed E-state index contributed by atoms with van der Waals surface area (Å²) in [6, 6.07) is 0. The zero-order valence-electron chi connectivity index (χ0n) is 14.5. The lowest BCUT2D eigenvalue weighted by atomic mass is 9.44. The van der Waals surface area contributed by atoms with Gasteiger partial charge in [-0.2, -0.15) is 0 Å². The van der Waals surface area contributed by atoms with E-state index in [1.807, 2.05) is 0 Å². The van der Waals surface area contributed by atoms with Gasteiger partial charge in [-0.1, -0.05) is 20.8 Å². The number of aliphatic hydroxyl groups excluding tert-OH is 1. The summed E-state index contributed by atoms with van der Waals surface area (Å²) in [6.45, 7) is 7.01. The van der Waals surface area contributed by atoms with Crippen LogP contribution in [0, 0.1) is 40.4 Å². The van der Waals surface area contributed by atoms with Crippen molar-refractivity contribution in [3.8, 4) is 0 Å². The molecule has 0 aromatic carbocycles. The normalized spacial score (nSPS) is 57.9. The molecule has 0 unspecified atom stereocenters. The highest BCUT2D eigenvalue weighted by Gasteiger charge is 2.60. The van der Waals surface area contributed by atoms with Crippen molar-refractivity contribution in [2.45, 2.75) is 78.2 Å². The second-order valence-corrected chi connectivity index (χ2v) is 9.57. The van der Waals surface area contributed by atoms with Crippen molar-refractivity contribution in [2.24, 2.45) is 40.4 Å². The standard InChI is InChI=1S/C20H32O2/c1-12-11-20(3)13(10-17(12)21)4-5-14-15-6-7-18(22)19(15,2)9-8-16(14)20/h12-16,18,22H,4-11H2,1-3H3/t12-,13-,14-,15+,16+,18+,19+,20+/m1/s1. The Morgan fingerprint density at radius 1 is 1.00 bits per heavy atom. The average Bonchev–Trinajstić information content (AvgIpc) is 2.77. The molecule has 0 amide bonds. The summed E-state index contributed by atoms with van der Waals surface area (Å²) in [5, 5.41) is 10.5. The molecule has 4 fully saturated rings. The Morgan fingerprint density at radius 3 is 2.50 bits per heavy atom. The lowest BCUT2D eigenvalue weighted by molar-refractivity contribution is -0.148. The summed E-state index contributed by atoms with van der Waals surface area (Å²) in [6.07, 6.45) is 9.16. The summed E-state index contributed by atoms with van der Waals surface area (Å²) < 4.78 is 0. The van der Waals surface area contributed by atoms with Gasteiger partial charge < -0.3 is 5.11 Å². The van der Waals surface area contributed by atoms with Gasteiger partial charge in [-0.25, -0.2) is 0 Å². The first-order chi connectivity index (χ1) is 10.4. The highest BCUT2D eigenvalue weighted by molar-refractivity contribution is 5.82. The molecule has 124 valence electrons. The van der Waals surface area contributed by atoms with Gasteiger partial charge in [-0.15, -0.1) is 0 Å². The number of aliphatic hydroxyl groups is 1. The van der Waals surface area contributed by atoms with Crippen LogP contribution in [0.5, 0.6) is 0 Å². The highest BCUT2D eigenvalue weighted by atomic mass is 16.3. The Bertz CT molecular complexity index is 486. The number of carbonyl (C=O) groups excluding carboxylic acids is 1. The van der Waals surface area contributed by atoms with E-state index in [4.69, 9.17) is 0 Å². The SMILES string of the molecule is C[C@@H]1C[C@@]2(C)[C@H](CC[C@H]3[C@@H]2CC[C@]2(C)[C@@H](O)CC[C@@H]32)CC1=O. The maximum atomic E-state index is 12.2. The molecule has 0 radical (unpaired) electrons. The number of Topliss-reactive ketones (excluding diaryl/α,β-unsaturated/α-hetero) is 1. The first kappa shape index (κ1) is 15.2. The molecule has 0 spiro atoms. The van der Waals surface area contributed by atoms with Crippen LogP contribution in [0.3, 0.4) is 0 Å². The van der Waals surface area contributed by atoms with Gasteiger partial charge in [0.2, 0.25) is 0 Å². The van der Waals surface area contributed by atoms with Crippen molar-refractivity contribution in [3.05, 3.63) is 0 Å². The van der Waals surface area contributed by atoms with Crippen molar-refractivity contribution in [1.82, 2.24) is 0 Å². The van der Waals surface area contributed by atoms with Crippen molar-refractivity contribution in [1.29, 1.82) is 0 Å². The van der Waals surface area contributed by atoms with E-state index in [2.05, 4.69) is 20.8 Å². The van der Waals surface area contributed by atoms with E-state index >= 15 is 0 Å². The van der Waals surface area contributed by atoms with Crippen LogP contribution in [0.1, 0.15) is 72.1 Å². The van der Waals surface area contributed by atoms with Crippen LogP contribution in [0.4, 0.5) is 0 Å². The Kier molecular flexibility index (Phi) is 3.32. The topological polar surface area (TPSA) is 37.3 Å². The molecule has 0 saturated heterocycles. The van der Waals surface area contributed by atoms with Crippen molar-refractivity contribution in [2.75, 3.05) is 0 Å². The van der Waals surface area contributed by atoms with Crippen LogP contribution in [0.2, 0.25) is 0 Å². The van der Waals surface area contributed by atoms with Gasteiger partial charge >= 0.3 is 0 Å². The smallest absolute Gasteiger partial charge is 0.136 e. The van der Waals surface area contributed by atoms with E-state index < -0.39 is 0 Å². The number of carbonyl (C=O) groups is 1. The van der Waals surface area contributed by atoms with Crippen LogP contribution >= 0.6 is 0 Å². The van der Waals surface area contributed by atoms with Gasteiger partial charge in [0.1, 0.15) is 5.78 Å². The largest absolute Gasteiger partial charge is 0.393 e. The third-order valence-corrected chi connectivity index (χ3v) is 8.76. The minimum atomic E-state index is -0.0733. The molecule has 22 heavy (non-hydrogen) atoms. The highest BCUT2D eigenvalue weighted by Crippen LogP contribution is 2.66. The number of hydrogen-bond donors (Lipinski definition) is 1. The molecular formula is C20H32O2. The van der Waals surface area contributed by atoms with Crippen LogP contribution < -0.4 is 0 Å². The Balaban J connectivity index is 1.65. The molecule has 1 N–H and O–H groups in total. The maximum absolute atomic E-state index is 12.2. The molecule has 4 rings (SSSR count). The summed E-state index contributed by atoms with van der Waals surface area (Å²) in [4.78, 5) is 12.2. The zero-order chi connectivity index (χ0) is 15.7. The lowest BCUT2D eigenvalue weighted by Gasteiger charge is -2.60. The number of hydrogen-bond acceptors (Lipinski definition) is 2. The maximum Gasteiger partial charge on any atom is 0.136 e. The molecule has 4 aliphatic rings. The number of fused-ring (bicyclic) bond motifs is 5. The molecule has 0 heterocycles. The first-order valence-corrected chi connectivity index (χ1v) is 9.57. The second kappa shape index (κ2) is 4.82. The number of ketones is 1. The Labute approximate surface area is 135 Å². The summed E-state index contributed by atoms with van der Waals surface area (Å²) >= 11 is 0. The van der Waals surface area contributed by atoms with Crippen LogP contribution in [0.15, 0.2) is 0 Å². The van der Waals surface area contributed by atoms with E-state index in [0.29, 0.717) is 17.1 Å². The van der Waals surface area contributed by atoms with Crippen LogP contribution in [-0.2, 0) is 4.79 Å². The van der Waals surface area contributed by atoms with Gasteiger partial charge in [-0.05, 0) is 79.4 Å². The fourth-order valence-corrected chi connectivity index (χ4v) is 7.38. The molecule has 4 saturated carbocycles. The molecule has 0 aromatic rings. The number of rotatable bonds is 0. The molecule has 4 aliphatic carbocycles. The molecule has 8 atom stereocenters. The van der Waals surface area contributed by atoms with Gasteiger partial charge in [0, 0.05) is 12.3 Å². The molecule has 0 aliphatic heterocycles. The van der Waals surface area contributed by atoms with Gasteiger partial charge in [-0.3, -0.25) is 4.79 Å². The summed E-state index contributed by atoms with van der Waals surface area (Å²) in [5.74, 6) is 3.74.